The molecule has 140 valence electrons. The minimum atomic E-state index is -0.472. The van der Waals surface area contributed by atoms with Gasteiger partial charge in [0.15, 0.2) is 0 Å². The Hall–Kier alpha value is -1.59. The van der Waals surface area contributed by atoms with Crippen molar-refractivity contribution < 1.29 is 9.84 Å². The molecule has 4 nitrogen and oxygen atoms in total. The summed E-state index contributed by atoms with van der Waals surface area (Å²) in [5.41, 5.74) is 2.23. The monoisotopic (exact) mass is 374 g/mol. The SMILES string of the molecule is COc1ccc(CN2CCCN(CC(O)c3ccc(Cl)cc3)CC2)cc1. The summed E-state index contributed by atoms with van der Waals surface area (Å²) in [5.74, 6) is 0.895. The maximum Gasteiger partial charge on any atom is 0.118 e. The standard InChI is InChI=1S/C21H27ClN2O2/c1-26-20-9-3-17(4-10-20)15-23-11-2-12-24(14-13-23)16-21(25)18-5-7-19(22)8-6-18/h3-10,21,25H,2,11-16H2,1H3. The third-order valence-electron chi connectivity index (χ3n) is 4.93. The highest BCUT2D eigenvalue weighted by Gasteiger charge is 2.18. The number of hydrogen-bond acceptors (Lipinski definition) is 4. The van der Waals surface area contributed by atoms with Crippen molar-refractivity contribution in [1.29, 1.82) is 0 Å². The van der Waals surface area contributed by atoms with E-state index in [9.17, 15) is 5.11 Å². The van der Waals surface area contributed by atoms with E-state index in [2.05, 4.69) is 21.9 Å². The third kappa shape index (κ3) is 5.45. The summed E-state index contributed by atoms with van der Waals surface area (Å²) in [4.78, 5) is 4.84. The summed E-state index contributed by atoms with van der Waals surface area (Å²) >= 11 is 5.92. The molecule has 0 saturated carbocycles. The highest BCUT2D eigenvalue weighted by molar-refractivity contribution is 6.30. The molecule has 0 aliphatic carbocycles. The fourth-order valence-electron chi connectivity index (χ4n) is 3.39. The summed E-state index contributed by atoms with van der Waals surface area (Å²) < 4.78 is 5.22. The summed E-state index contributed by atoms with van der Waals surface area (Å²) in [6.07, 6.45) is 0.643. The van der Waals surface area contributed by atoms with Crippen LogP contribution in [-0.4, -0.2) is 54.7 Å². The van der Waals surface area contributed by atoms with Crippen LogP contribution in [0.5, 0.6) is 5.75 Å². The van der Waals surface area contributed by atoms with Crippen molar-refractivity contribution in [2.24, 2.45) is 0 Å². The average molecular weight is 375 g/mol. The van der Waals surface area contributed by atoms with Crippen molar-refractivity contribution in [3.63, 3.8) is 0 Å². The summed E-state index contributed by atoms with van der Waals surface area (Å²) in [6, 6.07) is 15.8. The first-order chi connectivity index (χ1) is 12.6. The van der Waals surface area contributed by atoms with Crippen LogP contribution in [0.25, 0.3) is 0 Å². The number of aliphatic hydroxyl groups excluding tert-OH is 1. The summed E-state index contributed by atoms with van der Waals surface area (Å²) in [6.45, 7) is 5.71. The van der Waals surface area contributed by atoms with Crippen LogP contribution in [-0.2, 0) is 6.54 Å². The molecule has 1 heterocycles. The van der Waals surface area contributed by atoms with Crippen molar-refractivity contribution in [1.82, 2.24) is 9.80 Å². The molecule has 1 aliphatic heterocycles. The van der Waals surface area contributed by atoms with Crippen LogP contribution >= 0.6 is 11.6 Å². The van der Waals surface area contributed by atoms with Crippen LogP contribution in [0.3, 0.4) is 0 Å². The Kier molecular flexibility index (Phi) is 6.92. The van der Waals surface area contributed by atoms with Gasteiger partial charge in [0.25, 0.3) is 0 Å². The van der Waals surface area contributed by atoms with Gasteiger partial charge in [-0.05, 0) is 54.9 Å². The Morgan fingerprint density at radius 3 is 2.31 bits per heavy atom. The van der Waals surface area contributed by atoms with E-state index in [-0.39, 0.29) is 0 Å². The fraction of sp³-hybridized carbons (Fsp3) is 0.429. The Labute approximate surface area is 160 Å². The largest absolute Gasteiger partial charge is 0.497 e. The molecule has 0 bridgehead atoms. The first-order valence-corrected chi connectivity index (χ1v) is 9.53. The van der Waals surface area contributed by atoms with Crippen molar-refractivity contribution in [2.75, 3.05) is 39.8 Å². The number of nitrogens with zero attached hydrogens (tertiary/aromatic N) is 2. The second kappa shape index (κ2) is 9.38. The normalized spacial score (nSPS) is 17.7. The van der Waals surface area contributed by atoms with Crippen molar-refractivity contribution >= 4 is 11.6 Å². The van der Waals surface area contributed by atoms with Crippen LogP contribution in [0.1, 0.15) is 23.7 Å². The van der Waals surface area contributed by atoms with E-state index in [0.29, 0.717) is 11.6 Å². The van der Waals surface area contributed by atoms with Crippen LogP contribution in [0.15, 0.2) is 48.5 Å². The van der Waals surface area contributed by atoms with Gasteiger partial charge in [0.1, 0.15) is 5.75 Å². The molecule has 1 fully saturated rings. The van der Waals surface area contributed by atoms with E-state index >= 15 is 0 Å². The molecule has 0 radical (unpaired) electrons. The zero-order valence-corrected chi connectivity index (χ0v) is 16.0. The molecule has 2 aromatic carbocycles. The van der Waals surface area contributed by atoms with Crippen molar-refractivity contribution in [2.45, 2.75) is 19.1 Å². The molecule has 5 heteroatoms. The van der Waals surface area contributed by atoms with Gasteiger partial charge >= 0.3 is 0 Å². The minimum Gasteiger partial charge on any atom is -0.497 e. The Bertz CT molecular complexity index is 675. The predicted octanol–water partition coefficient (Wildman–Crippen LogP) is 3.59. The number of rotatable bonds is 6. The lowest BCUT2D eigenvalue weighted by atomic mass is 10.1. The molecule has 0 spiro atoms. The molecular weight excluding hydrogens is 348 g/mol. The van der Waals surface area contributed by atoms with E-state index < -0.39 is 6.10 Å². The summed E-state index contributed by atoms with van der Waals surface area (Å²) in [7, 11) is 1.69. The lowest BCUT2D eigenvalue weighted by molar-refractivity contribution is 0.114. The maximum atomic E-state index is 10.5. The van der Waals surface area contributed by atoms with E-state index in [1.54, 1.807) is 7.11 Å². The number of aliphatic hydroxyl groups is 1. The molecule has 0 amide bonds. The van der Waals surface area contributed by atoms with E-state index in [4.69, 9.17) is 16.3 Å². The lowest BCUT2D eigenvalue weighted by Crippen LogP contribution is -2.33. The van der Waals surface area contributed by atoms with Crippen LogP contribution in [0, 0.1) is 0 Å². The van der Waals surface area contributed by atoms with E-state index in [0.717, 1.165) is 50.5 Å². The highest BCUT2D eigenvalue weighted by Crippen LogP contribution is 2.19. The first kappa shape index (κ1) is 19.2. The topological polar surface area (TPSA) is 35.9 Å². The molecule has 3 rings (SSSR count). The number of methoxy groups -OCH3 is 1. The predicted molar refractivity (Wildman–Crippen MR) is 106 cm³/mol. The Balaban J connectivity index is 1.50. The number of β-amino-alcohol motifs (C(OH)–C–C–N with tert-alkyl or cyclic N) is 1. The van der Waals surface area contributed by atoms with E-state index in [1.165, 1.54) is 5.56 Å². The van der Waals surface area contributed by atoms with Gasteiger partial charge in [0, 0.05) is 31.2 Å². The second-order valence-electron chi connectivity index (χ2n) is 6.85. The van der Waals surface area contributed by atoms with Gasteiger partial charge in [0.05, 0.1) is 13.2 Å². The molecule has 0 aromatic heterocycles. The van der Waals surface area contributed by atoms with Gasteiger partial charge in [-0.15, -0.1) is 0 Å². The van der Waals surface area contributed by atoms with E-state index in [1.807, 2.05) is 36.4 Å². The molecule has 26 heavy (non-hydrogen) atoms. The zero-order chi connectivity index (χ0) is 18.4. The van der Waals surface area contributed by atoms with Gasteiger partial charge in [-0.1, -0.05) is 35.9 Å². The van der Waals surface area contributed by atoms with Crippen LogP contribution in [0.4, 0.5) is 0 Å². The third-order valence-corrected chi connectivity index (χ3v) is 5.18. The number of ether oxygens (including phenoxy) is 1. The fourth-order valence-corrected chi connectivity index (χ4v) is 3.52. The van der Waals surface area contributed by atoms with Crippen LogP contribution < -0.4 is 4.74 Å². The van der Waals surface area contributed by atoms with Gasteiger partial charge in [-0.25, -0.2) is 0 Å². The quantitative estimate of drug-likeness (QED) is 0.838. The molecule has 1 N–H and O–H groups in total. The van der Waals surface area contributed by atoms with Gasteiger partial charge < -0.3 is 9.84 Å². The first-order valence-electron chi connectivity index (χ1n) is 9.15. The van der Waals surface area contributed by atoms with Crippen molar-refractivity contribution in [3.05, 3.63) is 64.7 Å². The molecule has 1 aliphatic rings. The molecular formula is C21H27ClN2O2. The second-order valence-corrected chi connectivity index (χ2v) is 7.28. The number of hydrogen-bond donors (Lipinski definition) is 1. The molecule has 2 aromatic rings. The lowest BCUT2D eigenvalue weighted by Gasteiger charge is -2.24. The number of halogens is 1. The van der Waals surface area contributed by atoms with Crippen molar-refractivity contribution in [3.8, 4) is 5.75 Å². The van der Waals surface area contributed by atoms with Gasteiger partial charge in [0.2, 0.25) is 0 Å². The zero-order valence-electron chi connectivity index (χ0n) is 15.3. The Morgan fingerprint density at radius 2 is 1.62 bits per heavy atom. The smallest absolute Gasteiger partial charge is 0.118 e. The Morgan fingerprint density at radius 1 is 0.962 bits per heavy atom. The minimum absolute atomic E-state index is 0.472. The highest BCUT2D eigenvalue weighted by atomic mass is 35.5. The molecule has 1 saturated heterocycles. The van der Waals surface area contributed by atoms with Gasteiger partial charge in [-0.2, -0.15) is 0 Å². The molecule has 1 unspecified atom stereocenters. The van der Waals surface area contributed by atoms with Crippen LogP contribution in [0.2, 0.25) is 5.02 Å². The summed E-state index contributed by atoms with van der Waals surface area (Å²) in [5, 5.41) is 11.2. The number of benzene rings is 2. The molecule has 1 atom stereocenters. The van der Waals surface area contributed by atoms with Gasteiger partial charge in [-0.3, -0.25) is 9.80 Å². The maximum absolute atomic E-state index is 10.5. The average Bonchev–Trinajstić information content (AvgIpc) is 2.88.